The van der Waals surface area contributed by atoms with Crippen LogP contribution < -0.4 is 4.90 Å². The quantitative estimate of drug-likeness (QED) is 0.705. The molecule has 0 saturated carbocycles. The van der Waals surface area contributed by atoms with Crippen molar-refractivity contribution in [2.24, 2.45) is 5.41 Å². The average Bonchev–Trinajstić information content (AvgIpc) is 2.47. The van der Waals surface area contributed by atoms with Crippen molar-refractivity contribution in [3.8, 4) is 0 Å². The molecule has 0 bridgehead atoms. The summed E-state index contributed by atoms with van der Waals surface area (Å²) < 4.78 is 13.8. The van der Waals surface area contributed by atoms with Gasteiger partial charge in [0.2, 0.25) is 0 Å². The lowest BCUT2D eigenvalue weighted by atomic mass is 9.74. The Morgan fingerprint density at radius 3 is 2.37 bits per heavy atom. The zero-order valence-electron chi connectivity index (χ0n) is 11.9. The Morgan fingerprint density at radius 2 is 1.84 bits per heavy atom. The van der Waals surface area contributed by atoms with Crippen LogP contribution in [0.4, 0.5) is 10.1 Å². The fourth-order valence-electron chi connectivity index (χ4n) is 3.15. The Bertz CT molecular complexity index is 419. The number of anilines is 1. The van der Waals surface area contributed by atoms with Crippen molar-refractivity contribution in [3.05, 3.63) is 29.6 Å². The molecule has 1 aromatic carbocycles. The first-order chi connectivity index (χ1) is 9.15. The Kier molecular flexibility index (Phi) is 4.72. The van der Waals surface area contributed by atoms with Crippen LogP contribution >= 0.6 is 11.6 Å². The van der Waals surface area contributed by atoms with E-state index in [1.807, 2.05) is 6.07 Å². The van der Waals surface area contributed by atoms with Gasteiger partial charge < -0.3 is 4.90 Å². The third-order valence-corrected chi connectivity index (χ3v) is 5.16. The van der Waals surface area contributed by atoms with Crippen LogP contribution in [-0.2, 0) is 5.88 Å². The van der Waals surface area contributed by atoms with Gasteiger partial charge in [0.15, 0.2) is 0 Å². The Balaban J connectivity index is 2.16. The molecule has 0 atom stereocenters. The normalized spacial score (nSPS) is 18.6. The number of halogens is 2. The molecule has 0 N–H and O–H groups in total. The highest BCUT2D eigenvalue weighted by atomic mass is 35.5. The number of benzene rings is 1. The summed E-state index contributed by atoms with van der Waals surface area (Å²) in [5.74, 6) is 0.0564. The molecular weight excluding hydrogens is 261 g/mol. The number of hydrogen-bond acceptors (Lipinski definition) is 1. The minimum absolute atomic E-state index is 0.185. The molecule has 0 radical (unpaired) electrons. The number of alkyl halides is 1. The fourth-order valence-corrected chi connectivity index (χ4v) is 3.42. The summed E-state index contributed by atoms with van der Waals surface area (Å²) >= 11 is 5.90. The summed E-state index contributed by atoms with van der Waals surface area (Å²) in [7, 11) is 0. The second-order valence-corrected chi connectivity index (χ2v) is 5.83. The maximum atomic E-state index is 13.8. The van der Waals surface area contributed by atoms with Crippen LogP contribution in [0.15, 0.2) is 18.2 Å². The molecule has 0 spiro atoms. The van der Waals surface area contributed by atoms with Gasteiger partial charge in [0.05, 0.1) is 5.88 Å². The summed E-state index contributed by atoms with van der Waals surface area (Å²) in [5.41, 5.74) is 2.12. The van der Waals surface area contributed by atoms with Crippen LogP contribution in [0.3, 0.4) is 0 Å². The van der Waals surface area contributed by atoms with E-state index >= 15 is 0 Å². The van der Waals surface area contributed by atoms with Gasteiger partial charge in [0, 0.05) is 24.3 Å². The highest BCUT2D eigenvalue weighted by molar-refractivity contribution is 6.17. The average molecular weight is 284 g/mol. The number of hydrogen-bond donors (Lipinski definition) is 0. The number of nitrogens with zero attached hydrogens (tertiary/aromatic N) is 1. The third-order valence-electron chi connectivity index (χ3n) is 4.89. The predicted molar refractivity (Wildman–Crippen MR) is 80.4 cm³/mol. The molecule has 1 aromatic rings. The van der Waals surface area contributed by atoms with E-state index in [0.29, 0.717) is 11.0 Å². The third kappa shape index (κ3) is 2.89. The molecule has 1 saturated heterocycles. The molecular formula is C16H23ClFN. The molecule has 2 rings (SSSR count). The van der Waals surface area contributed by atoms with Gasteiger partial charge in [-0.15, -0.1) is 11.6 Å². The summed E-state index contributed by atoms with van der Waals surface area (Å²) in [6, 6.07) is 5.27. The minimum Gasteiger partial charge on any atom is -0.371 e. The van der Waals surface area contributed by atoms with E-state index in [2.05, 4.69) is 18.7 Å². The first kappa shape index (κ1) is 14.6. The van der Waals surface area contributed by atoms with Gasteiger partial charge in [-0.1, -0.05) is 32.8 Å². The predicted octanol–water partition coefficient (Wildman–Crippen LogP) is 4.97. The number of piperidine rings is 1. The van der Waals surface area contributed by atoms with Gasteiger partial charge in [-0.3, -0.25) is 0 Å². The molecule has 1 aliphatic rings. The topological polar surface area (TPSA) is 3.24 Å². The molecule has 1 aliphatic heterocycles. The molecule has 19 heavy (non-hydrogen) atoms. The van der Waals surface area contributed by atoms with Crippen molar-refractivity contribution in [2.75, 3.05) is 18.0 Å². The SMILES string of the molecule is CCC1(CC)CCN(c2cccc(F)c2CCl)CC1. The van der Waals surface area contributed by atoms with Crippen LogP contribution in [0.1, 0.15) is 45.1 Å². The van der Waals surface area contributed by atoms with Gasteiger partial charge in [0.25, 0.3) is 0 Å². The van der Waals surface area contributed by atoms with Gasteiger partial charge >= 0.3 is 0 Å². The lowest BCUT2D eigenvalue weighted by molar-refractivity contribution is 0.199. The lowest BCUT2D eigenvalue weighted by Crippen LogP contribution is -2.40. The van der Waals surface area contributed by atoms with Crippen molar-refractivity contribution in [2.45, 2.75) is 45.4 Å². The summed E-state index contributed by atoms with van der Waals surface area (Å²) in [6.07, 6.45) is 4.86. The van der Waals surface area contributed by atoms with E-state index in [1.165, 1.54) is 31.7 Å². The van der Waals surface area contributed by atoms with Crippen LogP contribution in [0, 0.1) is 11.2 Å². The van der Waals surface area contributed by atoms with Crippen molar-refractivity contribution in [1.29, 1.82) is 0 Å². The highest BCUT2D eigenvalue weighted by Gasteiger charge is 2.31. The second kappa shape index (κ2) is 6.13. The summed E-state index contributed by atoms with van der Waals surface area (Å²) in [6.45, 7) is 6.58. The number of rotatable bonds is 4. The Hall–Kier alpha value is -0.760. The summed E-state index contributed by atoms with van der Waals surface area (Å²) in [4.78, 5) is 2.30. The van der Waals surface area contributed by atoms with E-state index < -0.39 is 0 Å². The molecule has 0 unspecified atom stereocenters. The highest BCUT2D eigenvalue weighted by Crippen LogP contribution is 2.40. The zero-order chi connectivity index (χ0) is 13.9. The monoisotopic (exact) mass is 283 g/mol. The Labute approximate surface area is 120 Å². The lowest BCUT2D eigenvalue weighted by Gasteiger charge is -2.42. The van der Waals surface area contributed by atoms with Crippen LogP contribution in [-0.4, -0.2) is 13.1 Å². The first-order valence-corrected chi connectivity index (χ1v) is 7.77. The fraction of sp³-hybridized carbons (Fsp3) is 0.625. The van der Waals surface area contributed by atoms with Crippen molar-refractivity contribution in [3.63, 3.8) is 0 Å². The molecule has 1 heterocycles. The molecule has 1 nitrogen and oxygen atoms in total. The van der Waals surface area contributed by atoms with Crippen molar-refractivity contribution >= 4 is 17.3 Å². The van der Waals surface area contributed by atoms with Gasteiger partial charge in [-0.25, -0.2) is 4.39 Å². The van der Waals surface area contributed by atoms with E-state index in [9.17, 15) is 4.39 Å². The maximum absolute atomic E-state index is 13.8. The van der Waals surface area contributed by atoms with Crippen LogP contribution in [0.25, 0.3) is 0 Å². The first-order valence-electron chi connectivity index (χ1n) is 7.24. The molecule has 0 aliphatic carbocycles. The Morgan fingerprint density at radius 1 is 1.21 bits per heavy atom. The van der Waals surface area contributed by atoms with E-state index in [1.54, 1.807) is 6.07 Å². The molecule has 3 heteroatoms. The molecule has 1 fully saturated rings. The maximum Gasteiger partial charge on any atom is 0.129 e. The minimum atomic E-state index is -0.185. The van der Waals surface area contributed by atoms with Gasteiger partial charge in [-0.05, 0) is 30.4 Å². The molecule has 106 valence electrons. The van der Waals surface area contributed by atoms with Crippen molar-refractivity contribution in [1.82, 2.24) is 0 Å². The standard InChI is InChI=1S/C16H23ClFN/c1-3-16(4-2)8-10-19(11-9-16)15-7-5-6-14(18)13(15)12-17/h5-7H,3-4,8-12H2,1-2H3. The molecule has 0 amide bonds. The van der Waals surface area contributed by atoms with Crippen LogP contribution in [0.5, 0.6) is 0 Å². The van der Waals surface area contributed by atoms with Crippen molar-refractivity contribution < 1.29 is 4.39 Å². The largest absolute Gasteiger partial charge is 0.371 e. The van der Waals surface area contributed by atoms with Gasteiger partial charge in [0.1, 0.15) is 5.82 Å². The van der Waals surface area contributed by atoms with E-state index in [-0.39, 0.29) is 11.7 Å². The van der Waals surface area contributed by atoms with E-state index in [4.69, 9.17) is 11.6 Å². The zero-order valence-corrected chi connectivity index (χ0v) is 12.6. The summed E-state index contributed by atoms with van der Waals surface area (Å²) in [5, 5.41) is 0. The van der Waals surface area contributed by atoms with Gasteiger partial charge in [-0.2, -0.15) is 0 Å². The van der Waals surface area contributed by atoms with E-state index in [0.717, 1.165) is 18.8 Å². The smallest absolute Gasteiger partial charge is 0.129 e. The van der Waals surface area contributed by atoms with Crippen LogP contribution in [0.2, 0.25) is 0 Å². The molecule has 0 aromatic heterocycles. The second-order valence-electron chi connectivity index (χ2n) is 5.57.